The summed E-state index contributed by atoms with van der Waals surface area (Å²) in [6.45, 7) is 1.47. The number of allylic oxidation sites excluding steroid dienone is 2. The van der Waals surface area contributed by atoms with Gasteiger partial charge >= 0.3 is 5.97 Å². The Bertz CT molecular complexity index is 1160. The SMILES string of the molecule is CC(=O)c1ccc(OC(=O)c2ccc(N3C(=O)[C@@H]4[C@H]5C=C[C@H]([C@H]6C[C@H]56)[C@@H]4C3=O)cc2)cc1. The number of amides is 2. The van der Waals surface area contributed by atoms with Crippen LogP contribution in [0.2, 0.25) is 0 Å². The lowest BCUT2D eigenvalue weighted by Gasteiger charge is -2.37. The van der Waals surface area contributed by atoms with E-state index in [4.69, 9.17) is 4.74 Å². The molecule has 32 heavy (non-hydrogen) atoms. The molecule has 2 aromatic rings. The van der Waals surface area contributed by atoms with Crippen LogP contribution in [0.25, 0.3) is 0 Å². The van der Waals surface area contributed by atoms with Gasteiger partial charge in [0.1, 0.15) is 5.75 Å². The van der Waals surface area contributed by atoms with Crippen LogP contribution in [0.15, 0.2) is 60.7 Å². The van der Waals surface area contributed by atoms with E-state index >= 15 is 0 Å². The minimum absolute atomic E-state index is 0.0647. The molecule has 2 aromatic carbocycles. The van der Waals surface area contributed by atoms with Crippen LogP contribution >= 0.6 is 0 Å². The molecule has 6 heteroatoms. The Labute approximate surface area is 184 Å². The van der Waals surface area contributed by atoms with Gasteiger partial charge < -0.3 is 4.74 Å². The first-order valence-corrected chi connectivity index (χ1v) is 10.9. The first-order valence-electron chi connectivity index (χ1n) is 10.9. The van der Waals surface area contributed by atoms with Crippen LogP contribution in [0.5, 0.6) is 5.75 Å². The molecule has 0 unspecified atom stereocenters. The van der Waals surface area contributed by atoms with Crippen molar-refractivity contribution in [1.29, 1.82) is 0 Å². The van der Waals surface area contributed by atoms with Gasteiger partial charge in [-0.25, -0.2) is 4.79 Å². The monoisotopic (exact) mass is 427 g/mol. The van der Waals surface area contributed by atoms with E-state index in [0.717, 1.165) is 6.42 Å². The Morgan fingerprint density at radius 2 is 1.34 bits per heavy atom. The Hall–Kier alpha value is -3.54. The van der Waals surface area contributed by atoms with Crippen LogP contribution in [0.3, 0.4) is 0 Å². The maximum atomic E-state index is 13.2. The molecule has 0 spiro atoms. The van der Waals surface area contributed by atoms with Gasteiger partial charge in [0.25, 0.3) is 0 Å². The van der Waals surface area contributed by atoms with E-state index in [1.165, 1.54) is 11.8 Å². The number of anilines is 1. The first kappa shape index (κ1) is 19.2. The van der Waals surface area contributed by atoms with Gasteiger partial charge in [0.15, 0.2) is 5.78 Å². The van der Waals surface area contributed by atoms with Crippen molar-refractivity contribution >= 4 is 29.3 Å². The lowest BCUT2D eigenvalue weighted by Crippen LogP contribution is -2.40. The molecule has 2 bridgehead atoms. The van der Waals surface area contributed by atoms with Gasteiger partial charge in [0.05, 0.1) is 23.1 Å². The number of hydrogen-bond donors (Lipinski definition) is 0. The largest absolute Gasteiger partial charge is 0.423 e. The number of benzene rings is 2. The number of Topliss-reactive ketones (excluding diaryl/α,β-unsaturated/α-hetero) is 1. The zero-order chi connectivity index (χ0) is 22.1. The number of carbonyl (C=O) groups excluding carboxylic acids is 4. The fourth-order valence-electron chi connectivity index (χ4n) is 5.88. The van der Waals surface area contributed by atoms with Crippen molar-refractivity contribution in [2.75, 3.05) is 4.90 Å². The zero-order valence-electron chi connectivity index (χ0n) is 17.4. The highest BCUT2D eigenvalue weighted by molar-refractivity contribution is 6.22. The van der Waals surface area contributed by atoms with Crippen molar-refractivity contribution < 1.29 is 23.9 Å². The Morgan fingerprint density at radius 3 is 1.88 bits per heavy atom. The second-order valence-electron chi connectivity index (χ2n) is 9.18. The molecule has 4 aliphatic carbocycles. The average Bonchev–Trinajstić information content (AvgIpc) is 3.58. The van der Waals surface area contributed by atoms with Crippen LogP contribution in [0.1, 0.15) is 34.1 Å². The second kappa shape index (κ2) is 6.73. The number of nitrogens with zero attached hydrogens (tertiary/aromatic N) is 1. The summed E-state index contributed by atoms with van der Waals surface area (Å²) in [4.78, 5) is 51.6. The molecule has 3 fully saturated rings. The van der Waals surface area contributed by atoms with Gasteiger partial charge in [-0.3, -0.25) is 19.3 Å². The third kappa shape index (κ3) is 2.72. The third-order valence-electron chi connectivity index (χ3n) is 7.50. The molecule has 6 atom stereocenters. The highest BCUT2D eigenvalue weighted by Crippen LogP contribution is 2.65. The zero-order valence-corrected chi connectivity index (χ0v) is 17.4. The van der Waals surface area contributed by atoms with Gasteiger partial charge in [0.2, 0.25) is 11.8 Å². The van der Waals surface area contributed by atoms with Crippen molar-refractivity contribution in [3.63, 3.8) is 0 Å². The van der Waals surface area contributed by atoms with Gasteiger partial charge in [-0.2, -0.15) is 0 Å². The highest BCUT2D eigenvalue weighted by Gasteiger charge is 2.67. The van der Waals surface area contributed by atoms with E-state index in [9.17, 15) is 19.2 Å². The molecular formula is C26H21NO5. The van der Waals surface area contributed by atoms with Crippen LogP contribution in [0, 0.1) is 35.5 Å². The van der Waals surface area contributed by atoms with Gasteiger partial charge in [0, 0.05) is 5.56 Å². The van der Waals surface area contributed by atoms with E-state index in [-0.39, 0.29) is 41.3 Å². The quantitative estimate of drug-likeness (QED) is 0.245. The summed E-state index contributed by atoms with van der Waals surface area (Å²) in [6.07, 6.45) is 5.43. The molecule has 2 amide bonds. The minimum Gasteiger partial charge on any atom is -0.423 e. The lowest BCUT2D eigenvalue weighted by molar-refractivity contribution is -0.124. The third-order valence-corrected chi connectivity index (χ3v) is 7.50. The van der Waals surface area contributed by atoms with Gasteiger partial charge in [-0.05, 0) is 85.5 Å². The Morgan fingerprint density at radius 1 is 0.812 bits per heavy atom. The number of ether oxygens (including phenoxy) is 1. The van der Waals surface area contributed by atoms with E-state index in [1.54, 1.807) is 48.5 Å². The maximum absolute atomic E-state index is 13.2. The summed E-state index contributed by atoms with van der Waals surface area (Å²) >= 11 is 0. The second-order valence-corrected chi connectivity index (χ2v) is 9.18. The number of esters is 1. The maximum Gasteiger partial charge on any atom is 0.343 e. The molecule has 160 valence electrons. The van der Waals surface area contributed by atoms with Crippen molar-refractivity contribution in [1.82, 2.24) is 0 Å². The van der Waals surface area contributed by atoms with E-state index in [1.807, 2.05) is 0 Å². The summed E-state index contributed by atoms with van der Waals surface area (Å²) in [5, 5.41) is 0. The number of ketones is 1. The average molecular weight is 427 g/mol. The van der Waals surface area contributed by atoms with E-state index in [2.05, 4.69) is 12.2 Å². The van der Waals surface area contributed by atoms with Gasteiger partial charge in [-0.1, -0.05) is 12.2 Å². The van der Waals surface area contributed by atoms with E-state index < -0.39 is 5.97 Å². The summed E-state index contributed by atoms with van der Waals surface area (Å²) in [5.74, 6) is 0.463. The summed E-state index contributed by atoms with van der Waals surface area (Å²) < 4.78 is 5.37. The predicted molar refractivity (Wildman–Crippen MR) is 115 cm³/mol. The van der Waals surface area contributed by atoms with Crippen LogP contribution in [0.4, 0.5) is 5.69 Å². The predicted octanol–water partition coefficient (Wildman–Crippen LogP) is 3.67. The molecule has 1 saturated heterocycles. The van der Waals surface area contributed by atoms with Crippen LogP contribution in [-0.4, -0.2) is 23.6 Å². The molecule has 0 radical (unpaired) electrons. The van der Waals surface area contributed by atoms with Crippen molar-refractivity contribution in [2.45, 2.75) is 13.3 Å². The molecular weight excluding hydrogens is 406 g/mol. The molecule has 0 N–H and O–H groups in total. The fraction of sp³-hybridized carbons (Fsp3) is 0.308. The Kier molecular flexibility index (Phi) is 4.03. The van der Waals surface area contributed by atoms with Gasteiger partial charge in [-0.15, -0.1) is 0 Å². The standard InChI is InChI=1S/C26H21NO5/c1-13(28)14-4-8-17(9-5-14)32-26(31)15-2-6-16(7-3-15)27-24(29)22-18-10-11-19(21-12-20(18)21)23(22)25(27)30/h2-11,18-23H,12H2,1H3/t18-,19+,20-,21-,22+,23-/m1/s1. The molecule has 6 nitrogen and oxygen atoms in total. The number of carbonyl (C=O) groups is 4. The lowest BCUT2D eigenvalue weighted by atomic mass is 9.63. The number of rotatable bonds is 4. The molecule has 1 aliphatic heterocycles. The fourth-order valence-corrected chi connectivity index (χ4v) is 5.88. The smallest absolute Gasteiger partial charge is 0.343 e. The van der Waals surface area contributed by atoms with E-state index in [0.29, 0.717) is 34.4 Å². The van der Waals surface area contributed by atoms with Crippen LogP contribution in [-0.2, 0) is 9.59 Å². The molecule has 0 aromatic heterocycles. The van der Waals surface area contributed by atoms with Crippen molar-refractivity contribution in [2.24, 2.45) is 35.5 Å². The van der Waals surface area contributed by atoms with Crippen molar-refractivity contribution in [3.05, 3.63) is 71.8 Å². The highest BCUT2D eigenvalue weighted by atomic mass is 16.5. The molecule has 2 saturated carbocycles. The topological polar surface area (TPSA) is 80.8 Å². The summed E-state index contributed by atoms with van der Waals surface area (Å²) in [5.41, 5.74) is 1.34. The number of hydrogen-bond acceptors (Lipinski definition) is 5. The molecule has 1 heterocycles. The normalized spacial score (nSPS) is 31.3. The number of imide groups is 1. The van der Waals surface area contributed by atoms with Crippen LogP contribution < -0.4 is 9.64 Å². The molecule has 5 aliphatic rings. The minimum atomic E-state index is -0.554. The Balaban J connectivity index is 1.19. The first-order chi connectivity index (χ1) is 15.4. The summed E-state index contributed by atoms with van der Waals surface area (Å²) in [7, 11) is 0. The molecule has 7 rings (SSSR count). The summed E-state index contributed by atoms with van der Waals surface area (Å²) in [6, 6.07) is 12.7. The van der Waals surface area contributed by atoms with Crippen molar-refractivity contribution in [3.8, 4) is 5.75 Å².